The van der Waals surface area contributed by atoms with Crippen LogP contribution in [0, 0.1) is 13.8 Å². The molecule has 0 amide bonds. The Morgan fingerprint density at radius 1 is 1.25 bits per heavy atom. The van der Waals surface area contributed by atoms with Crippen LogP contribution in [0.1, 0.15) is 32.2 Å². The van der Waals surface area contributed by atoms with E-state index < -0.39 is 5.97 Å². The van der Waals surface area contributed by atoms with Crippen LogP contribution in [0.2, 0.25) is 0 Å². The maximum absolute atomic E-state index is 12.6. The molecule has 0 spiro atoms. The molecule has 2 heterocycles. The quantitative estimate of drug-likeness (QED) is 0.612. The summed E-state index contributed by atoms with van der Waals surface area (Å²) >= 11 is 1.19. The van der Waals surface area contributed by atoms with E-state index in [1.54, 1.807) is 14.0 Å². The van der Waals surface area contributed by atoms with Gasteiger partial charge in [0, 0.05) is 5.56 Å². The minimum Gasteiger partial charge on any atom is -0.496 e. The van der Waals surface area contributed by atoms with Crippen molar-refractivity contribution in [2.24, 2.45) is 0 Å². The molecule has 1 atom stereocenters. The van der Waals surface area contributed by atoms with Crippen molar-refractivity contribution in [3.05, 3.63) is 55.9 Å². The summed E-state index contributed by atoms with van der Waals surface area (Å²) in [5.74, 6) is 0.980. The topological polar surface area (TPSA) is 85.7 Å². The van der Waals surface area contributed by atoms with Crippen LogP contribution in [0.15, 0.2) is 23.0 Å². The molecular formula is C20H24N3O4S+. The number of fused-ring (bicyclic) bond motifs is 1. The summed E-state index contributed by atoms with van der Waals surface area (Å²) in [6.45, 7) is 5.04. The number of hydrogen-bond donors (Lipinski definition) is 2. The van der Waals surface area contributed by atoms with Gasteiger partial charge in [0.25, 0.3) is 5.56 Å². The molecular weight excluding hydrogens is 378 g/mol. The summed E-state index contributed by atoms with van der Waals surface area (Å²) < 4.78 is 10.2. The number of benzene rings is 1. The van der Waals surface area contributed by atoms with Crippen molar-refractivity contribution in [1.29, 1.82) is 0 Å². The number of H-pyrrole nitrogens is 1. The summed E-state index contributed by atoms with van der Waals surface area (Å²) in [4.78, 5) is 34.0. The van der Waals surface area contributed by atoms with Crippen LogP contribution in [-0.4, -0.2) is 37.2 Å². The lowest BCUT2D eigenvalue weighted by Crippen LogP contribution is -3.06. The first kappa shape index (κ1) is 20.0. The van der Waals surface area contributed by atoms with Gasteiger partial charge >= 0.3 is 5.97 Å². The third-order valence-electron chi connectivity index (χ3n) is 4.62. The maximum Gasteiger partial charge on any atom is 0.348 e. The zero-order chi connectivity index (χ0) is 20.4. The van der Waals surface area contributed by atoms with Crippen LogP contribution < -0.4 is 15.2 Å². The van der Waals surface area contributed by atoms with E-state index in [4.69, 9.17) is 9.47 Å². The Morgan fingerprint density at radius 3 is 2.68 bits per heavy atom. The minimum absolute atomic E-state index is 0.232. The molecule has 3 rings (SSSR count). The number of nitrogens with zero attached hydrogens (tertiary/aromatic N) is 1. The Kier molecular flexibility index (Phi) is 5.81. The van der Waals surface area contributed by atoms with Gasteiger partial charge in [0.15, 0.2) is 5.82 Å². The number of carbonyl (C=O) groups is 1. The Balaban J connectivity index is 1.87. The predicted molar refractivity (Wildman–Crippen MR) is 108 cm³/mol. The molecule has 8 heteroatoms. The molecule has 2 aromatic heterocycles. The molecule has 2 N–H and O–H groups in total. The zero-order valence-corrected chi connectivity index (χ0v) is 17.5. The number of aromatic nitrogens is 2. The van der Waals surface area contributed by atoms with Crippen LogP contribution in [-0.2, 0) is 17.8 Å². The molecule has 1 aromatic carbocycles. The average molecular weight is 402 g/mol. The molecule has 0 saturated heterocycles. The van der Waals surface area contributed by atoms with E-state index in [1.165, 1.54) is 24.0 Å². The highest BCUT2D eigenvalue weighted by molar-refractivity contribution is 7.20. The lowest BCUT2D eigenvalue weighted by molar-refractivity contribution is -0.908. The van der Waals surface area contributed by atoms with Gasteiger partial charge in [-0.2, -0.15) is 0 Å². The Labute approximate surface area is 166 Å². The van der Waals surface area contributed by atoms with Gasteiger partial charge in [-0.3, -0.25) is 4.79 Å². The molecule has 0 aliphatic heterocycles. The molecule has 0 aliphatic rings. The van der Waals surface area contributed by atoms with E-state index in [0.717, 1.165) is 22.8 Å². The summed E-state index contributed by atoms with van der Waals surface area (Å²) in [5.41, 5.74) is 2.64. The fraction of sp³-hybridized carbons (Fsp3) is 0.350. The molecule has 28 heavy (non-hydrogen) atoms. The molecule has 1 unspecified atom stereocenters. The number of thiophene rings is 1. The van der Waals surface area contributed by atoms with E-state index in [2.05, 4.69) is 16.0 Å². The first-order chi connectivity index (χ1) is 13.3. The second-order valence-corrected chi connectivity index (χ2v) is 7.87. The molecule has 0 aliphatic carbocycles. The van der Waals surface area contributed by atoms with Crippen molar-refractivity contribution >= 4 is 27.5 Å². The molecule has 0 fully saturated rings. The van der Waals surface area contributed by atoms with Gasteiger partial charge in [-0.05, 0) is 31.5 Å². The van der Waals surface area contributed by atoms with Gasteiger partial charge < -0.3 is 19.4 Å². The maximum atomic E-state index is 12.6. The van der Waals surface area contributed by atoms with Crippen molar-refractivity contribution in [3.63, 3.8) is 0 Å². The number of esters is 1. The Morgan fingerprint density at radius 2 is 2.00 bits per heavy atom. The number of hydrogen-bond acceptors (Lipinski definition) is 6. The number of quaternary nitrogens is 1. The number of rotatable bonds is 6. The van der Waals surface area contributed by atoms with Gasteiger partial charge in [-0.15, -0.1) is 11.3 Å². The van der Waals surface area contributed by atoms with E-state index in [9.17, 15) is 9.59 Å². The number of aromatic amines is 1. The fourth-order valence-corrected chi connectivity index (χ4v) is 4.40. The highest BCUT2D eigenvalue weighted by Crippen LogP contribution is 2.27. The van der Waals surface area contributed by atoms with Crippen molar-refractivity contribution in [2.75, 3.05) is 21.3 Å². The number of nitrogens with one attached hydrogen (secondary N) is 2. The standard InChI is InChI=1S/C20H23N3O4S/c1-11-6-7-14(26-4)13(8-11)9-23(3)10-15-21-18(24)16-12(2)17(20(25)27-5)28-19(16)22-15/h6-8H,9-10H2,1-5H3,(H,21,22,24)/p+1. The van der Waals surface area contributed by atoms with E-state index in [1.807, 2.05) is 26.1 Å². The van der Waals surface area contributed by atoms with Crippen LogP contribution in [0.25, 0.3) is 10.2 Å². The van der Waals surface area contributed by atoms with Gasteiger partial charge in [0.1, 0.15) is 28.5 Å². The first-order valence-corrected chi connectivity index (χ1v) is 9.71. The van der Waals surface area contributed by atoms with Crippen molar-refractivity contribution in [2.45, 2.75) is 26.9 Å². The van der Waals surface area contributed by atoms with Crippen LogP contribution in [0.3, 0.4) is 0 Å². The zero-order valence-electron chi connectivity index (χ0n) is 16.6. The second-order valence-electron chi connectivity index (χ2n) is 6.87. The van der Waals surface area contributed by atoms with E-state index in [-0.39, 0.29) is 5.56 Å². The monoisotopic (exact) mass is 402 g/mol. The first-order valence-electron chi connectivity index (χ1n) is 8.89. The van der Waals surface area contributed by atoms with Gasteiger partial charge in [-0.25, -0.2) is 9.78 Å². The molecule has 0 saturated carbocycles. The van der Waals surface area contributed by atoms with Crippen LogP contribution in [0.5, 0.6) is 5.75 Å². The Bertz CT molecular complexity index is 1090. The number of ether oxygens (including phenoxy) is 2. The van der Waals surface area contributed by atoms with E-state index in [0.29, 0.717) is 33.0 Å². The predicted octanol–water partition coefficient (Wildman–Crippen LogP) is 1.61. The number of carbonyl (C=O) groups excluding carboxylic acids is 1. The fourth-order valence-electron chi connectivity index (χ4n) is 3.28. The average Bonchev–Trinajstić information content (AvgIpc) is 2.98. The second kappa shape index (κ2) is 8.12. The van der Waals surface area contributed by atoms with Gasteiger partial charge in [0.05, 0.1) is 26.7 Å². The number of aryl methyl sites for hydroxylation is 2. The summed E-state index contributed by atoms with van der Waals surface area (Å²) in [5, 5.41) is 0.451. The van der Waals surface area contributed by atoms with Crippen molar-refractivity contribution < 1.29 is 19.2 Å². The highest BCUT2D eigenvalue weighted by Gasteiger charge is 2.20. The lowest BCUT2D eigenvalue weighted by atomic mass is 10.1. The lowest BCUT2D eigenvalue weighted by Gasteiger charge is -2.16. The summed E-state index contributed by atoms with van der Waals surface area (Å²) in [7, 11) is 5.02. The smallest absolute Gasteiger partial charge is 0.348 e. The molecule has 148 valence electrons. The molecule has 7 nitrogen and oxygen atoms in total. The number of methoxy groups -OCH3 is 2. The minimum atomic E-state index is -0.448. The SMILES string of the molecule is COC(=O)c1sc2nc(C[NH+](C)Cc3cc(C)ccc3OC)[nH]c(=O)c2c1C. The van der Waals surface area contributed by atoms with Gasteiger partial charge in [0.2, 0.25) is 0 Å². The highest BCUT2D eigenvalue weighted by atomic mass is 32.1. The van der Waals surface area contributed by atoms with Crippen LogP contribution in [0.4, 0.5) is 0 Å². The van der Waals surface area contributed by atoms with Crippen molar-refractivity contribution in [3.8, 4) is 5.75 Å². The molecule has 0 radical (unpaired) electrons. The van der Waals surface area contributed by atoms with Gasteiger partial charge in [-0.1, -0.05) is 11.6 Å². The normalized spacial score (nSPS) is 12.2. The third kappa shape index (κ3) is 3.93. The summed E-state index contributed by atoms with van der Waals surface area (Å²) in [6, 6.07) is 6.09. The van der Waals surface area contributed by atoms with Crippen molar-refractivity contribution in [1.82, 2.24) is 9.97 Å². The molecule has 0 bridgehead atoms. The largest absolute Gasteiger partial charge is 0.496 e. The van der Waals surface area contributed by atoms with E-state index >= 15 is 0 Å². The third-order valence-corrected chi connectivity index (χ3v) is 5.78. The Hall–Kier alpha value is -2.71. The molecule has 3 aromatic rings. The van der Waals surface area contributed by atoms with Crippen LogP contribution >= 0.6 is 11.3 Å². The summed E-state index contributed by atoms with van der Waals surface area (Å²) in [6.07, 6.45) is 0.